The topological polar surface area (TPSA) is 54.3 Å². The number of hydrogen-bond acceptors (Lipinski definition) is 3. The first-order valence-corrected chi connectivity index (χ1v) is 6.33. The van der Waals surface area contributed by atoms with Crippen molar-refractivity contribution in [1.29, 1.82) is 0 Å². The molecule has 2 atom stereocenters. The number of hydrogen-bond donors (Lipinski definition) is 2. The van der Waals surface area contributed by atoms with E-state index in [1.807, 2.05) is 13.0 Å². The fourth-order valence-electron chi connectivity index (χ4n) is 3.03. The molecule has 1 amide bonds. The summed E-state index contributed by atoms with van der Waals surface area (Å²) >= 11 is 0. The standard InChI is InChI=1S/C13H18N2O2.ClH/c1-8-4-5-17-12(8)13(16)15-11-6-9-2-3-10(7-11)14-9;/h4-5,9-11,14H,2-3,6-7H2,1H3,(H,15,16);1H. The maximum Gasteiger partial charge on any atom is 0.287 e. The smallest absolute Gasteiger partial charge is 0.287 e. The molecule has 0 saturated carbocycles. The van der Waals surface area contributed by atoms with Gasteiger partial charge < -0.3 is 15.1 Å². The van der Waals surface area contributed by atoms with Crippen molar-refractivity contribution in [2.24, 2.45) is 0 Å². The number of piperidine rings is 1. The van der Waals surface area contributed by atoms with Gasteiger partial charge in [-0.05, 0) is 38.7 Å². The molecule has 1 aromatic heterocycles. The molecule has 0 radical (unpaired) electrons. The molecule has 2 unspecified atom stereocenters. The van der Waals surface area contributed by atoms with Crippen molar-refractivity contribution in [2.75, 3.05) is 0 Å². The van der Waals surface area contributed by atoms with Crippen LogP contribution < -0.4 is 10.6 Å². The maximum absolute atomic E-state index is 12.0. The third-order valence-electron chi connectivity index (χ3n) is 3.88. The number of amides is 1. The van der Waals surface area contributed by atoms with E-state index in [9.17, 15) is 4.79 Å². The van der Waals surface area contributed by atoms with Gasteiger partial charge in [0.2, 0.25) is 0 Å². The summed E-state index contributed by atoms with van der Waals surface area (Å²) in [7, 11) is 0. The van der Waals surface area contributed by atoms with E-state index in [2.05, 4.69) is 10.6 Å². The van der Waals surface area contributed by atoms with E-state index in [-0.39, 0.29) is 18.3 Å². The molecular formula is C13H19ClN2O2. The maximum atomic E-state index is 12.0. The lowest BCUT2D eigenvalue weighted by Crippen LogP contribution is -2.48. The number of carbonyl (C=O) groups excluding carboxylic acids is 1. The number of carbonyl (C=O) groups is 1. The summed E-state index contributed by atoms with van der Waals surface area (Å²) in [5.41, 5.74) is 0.902. The predicted octanol–water partition coefficient (Wildman–Crippen LogP) is 2.02. The fraction of sp³-hybridized carbons (Fsp3) is 0.615. The van der Waals surface area contributed by atoms with Gasteiger partial charge in [-0.2, -0.15) is 0 Å². The quantitative estimate of drug-likeness (QED) is 0.865. The average molecular weight is 271 g/mol. The van der Waals surface area contributed by atoms with Crippen LogP contribution in [0, 0.1) is 6.92 Å². The van der Waals surface area contributed by atoms with Crippen LogP contribution in [0.5, 0.6) is 0 Å². The largest absolute Gasteiger partial charge is 0.459 e. The van der Waals surface area contributed by atoms with Gasteiger partial charge in [-0.1, -0.05) is 0 Å². The second kappa shape index (κ2) is 5.33. The monoisotopic (exact) mass is 270 g/mol. The minimum absolute atomic E-state index is 0. The molecule has 3 rings (SSSR count). The molecule has 2 bridgehead atoms. The SMILES string of the molecule is Cc1ccoc1C(=O)NC1CC2CCC(C1)N2.Cl. The number of fused-ring (bicyclic) bond motifs is 2. The molecule has 0 aromatic carbocycles. The van der Waals surface area contributed by atoms with Crippen LogP contribution in [0.1, 0.15) is 41.8 Å². The number of halogens is 1. The van der Waals surface area contributed by atoms with Crippen molar-refractivity contribution in [3.63, 3.8) is 0 Å². The van der Waals surface area contributed by atoms with E-state index >= 15 is 0 Å². The van der Waals surface area contributed by atoms with Crippen LogP contribution in [0.25, 0.3) is 0 Å². The lowest BCUT2D eigenvalue weighted by atomic mass is 9.99. The highest BCUT2D eigenvalue weighted by Gasteiger charge is 2.34. The second-order valence-electron chi connectivity index (χ2n) is 5.21. The van der Waals surface area contributed by atoms with E-state index in [4.69, 9.17) is 4.42 Å². The molecule has 3 heterocycles. The molecule has 4 nitrogen and oxygen atoms in total. The lowest BCUT2D eigenvalue weighted by molar-refractivity contribution is 0.0895. The molecule has 0 aliphatic carbocycles. The van der Waals surface area contributed by atoms with E-state index in [1.54, 1.807) is 6.26 Å². The van der Waals surface area contributed by atoms with E-state index in [0.29, 0.717) is 23.9 Å². The molecule has 2 saturated heterocycles. The zero-order valence-corrected chi connectivity index (χ0v) is 11.3. The normalized spacial score (nSPS) is 29.7. The molecule has 1 aromatic rings. The Balaban J connectivity index is 0.00000120. The van der Waals surface area contributed by atoms with Crippen molar-refractivity contribution in [3.8, 4) is 0 Å². The van der Waals surface area contributed by atoms with E-state index in [0.717, 1.165) is 18.4 Å². The van der Waals surface area contributed by atoms with Crippen molar-refractivity contribution in [2.45, 2.75) is 50.7 Å². The van der Waals surface area contributed by atoms with E-state index < -0.39 is 0 Å². The van der Waals surface area contributed by atoms with Crippen molar-refractivity contribution in [1.82, 2.24) is 10.6 Å². The van der Waals surface area contributed by atoms with Crippen LogP contribution in [0.2, 0.25) is 0 Å². The Morgan fingerprint density at radius 3 is 2.61 bits per heavy atom. The molecule has 2 aliphatic heterocycles. The lowest BCUT2D eigenvalue weighted by Gasteiger charge is -2.29. The molecule has 2 aliphatic rings. The van der Waals surface area contributed by atoms with Gasteiger partial charge in [-0.3, -0.25) is 4.79 Å². The summed E-state index contributed by atoms with van der Waals surface area (Å²) in [4.78, 5) is 12.0. The van der Waals surface area contributed by atoms with Gasteiger partial charge in [0.25, 0.3) is 5.91 Å². The van der Waals surface area contributed by atoms with Gasteiger partial charge >= 0.3 is 0 Å². The summed E-state index contributed by atoms with van der Waals surface area (Å²) in [6.45, 7) is 1.89. The van der Waals surface area contributed by atoms with Crippen LogP contribution in [0.3, 0.4) is 0 Å². The minimum Gasteiger partial charge on any atom is -0.459 e. The molecule has 2 N–H and O–H groups in total. The van der Waals surface area contributed by atoms with Crippen molar-refractivity contribution >= 4 is 18.3 Å². The highest BCUT2D eigenvalue weighted by molar-refractivity contribution is 5.93. The van der Waals surface area contributed by atoms with E-state index in [1.165, 1.54) is 12.8 Å². The van der Waals surface area contributed by atoms with Crippen LogP contribution in [0.15, 0.2) is 16.7 Å². The Kier molecular flexibility index (Phi) is 3.97. The van der Waals surface area contributed by atoms with Crippen LogP contribution in [-0.4, -0.2) is 24.0 Å². The highest BCUT2D eigenvalue weighted by atomic mass is 35.5. The van der Waals surface area contributed by atoms with Crippen molar-refractivity contribution in [3.05, 3.63) is 23.7 Å². The third-order valence-corrected chi connectivity index (χ3v) is 3.88. The Labute approximate surface area is 113 Å². The minimum atomic E-state index is -0.0706. The van der Waals surface area contributed by atoms with Gasteiger partial charge in [-0.15, -0.1) is 12.4 Å². The van der Waals surface area contributed by atoms with Crippen LogP contribution >= 0.6 is 12.4 Å². The predicted molar refractivity (Wildman–Crippen MR) is 71.1 cm³/mol. The van der Waals surface area contributed by atoms with Crippen molar-refractivity contribution < 1.29 is 9.21 Å². The second-order valence-corrected chi connectivity index (χ2v) is 5.21. The van der Waals surface area contributed by atoms with Crippen LogP contribution in [-0.2, 0) is 0 Å². The zero-order chi connectivity index (χ0) is 11.8. The average Bonchev–Trinajstić information content (AvgIpc) is 2.85. The Hall–Kier alpha value is -1.00. The Morgan fingerprint density at radius 2 is 2.06 bits per heavy atom. The van der Waals surface area contributed by atoms with Crippen LogP contribution in [0.4, 0.5) is 0 Å². The first-order chi connectivity index (χ1) is 8.22. The summed E-state index contributed by atoms with van der Waals surface area (Å²) in [6, 6.07) is 3.31. The molecule has 100 valence electrons. The zero-order valence-electron chi connectivity index (χ0n) is 10.4. The molecular weight excluding hydrogens is 252 g/mol. The summed E-state index contributed by atoms with van der Waals surface area (Å²) in [6.07, 6.45) is 6.15. The summed E-state index contributed by atoms with van der Waals surface area (Å²) < 4.78 is 5.21. The number of nitrogens with one attached hydrogen (secondary N) is 2. The number of rotatable bonds is 2. The number of aryl methyl sites for hydroxylation is 1. The first kappa shape index (κ1) is 13.4. The molecule has 0 spiro atoms. The van der Waals surface area contributed by atoms with Gasteiger partial charge in [0, 0.05) is 23.7 Å². The molecule has 5 heteroatoms. The van der Waals surface area contributed by atoms with Gasteiger partial charge in [0.05, 0.1) is 6.26 Å². The Bertz CT molecular complexity index is 420. The Morgan fingerprint density at radius 1 is 1.39 bits per heavy atom. The summed E-state index contributed by atoms with van der Waals surface area (Å²) in [5.74, 6) is 0.384. The molecule has 18 heavy (non-hydrogen) atoms. The summed E-state index contributed by atoms with van der Waals surface area (Å²) in [5, 5.41) is 6.66. The van der Waals surface area contributed by atoms with Gasteiger partial charge in [0.1, 0.15) is 0 Å². The number of furan rings is 1. The molecule has 2 fully saturated rings. The van der Waals surface area contributed by atoms with Gasteiger partial charge in [0.15, 0.2) is 5.76 Å². The fourth-order valence-corrected chi connectivity index (χ4v) is 3.03. The first-order valence-electron chi connectivity index (χ1n) is 6.33. The third kappa shape index (κ3) is 2.54. The highest BCUT2D eigenvalue weighted by Crippen LogP contribution is 2.27. The van der Waals surface area contributed by atoms with Gasteiger partial charge in [-0.25, -0.2) is 0 Å².